The molecule has 0 fully saturated rings. The summed E-state index contributed by atoms with van der Waals surface area (Å²) in [5, 5.41) is 0. The predicted molar refractivity (Wildman–Crippen MR) is 63.2 cm³/mol. The number of aryl methyl sites for hydroxylation is 1. The van der Waals surface area contributed by atoms with Crippen LogP contribution in [-0.4, -0.2) is 18.8 Å². The van der Waals surface area contributed by atoms with E-state index in [1.54, 1.807) is 11.8 Å². The summed E-state index contributed by atoms with van der Waals surface area (Å²) in [4.78, 5) is 12.1. The summed E-state index contributed by atoms with van der Waals surface area (Å²) >= 11 is 1.77. The lowest BCUT2D eigenvalue weighted by Crippen LogP contribution is -1.99. The van der Waals surface area contributed by atoms with Crippen molar-refractivity contribution in [1.29, 1.82) is 0 Å². The second kappa shape index (κ2) is 6.51. The van der Waals surface area contributed by atoms with Crippen LogP contribution in [0, 0.1) is 6.92 Å². The summed E-state index contributed by atoms with van der Waals surface area (Å²) in [6.07, 6.45) is 1.38. The maximum absolute atomic E-state index is 10.8. The van der Waals surface area contributed by atoms with E-state index in [1.807, 2.05) is 0 Å². The van der Waals surface area contributed by atoms with Gasteiger partial charge in [0, 0.05) is 11.3 Å². The Balaban J connectivity index is 2.20. The number of benzene rings is 1. The van der Waals surface area contributed by atoms with E-state index < -0.39 is 0 Å². The molecular formula is C12H16O2S. The van der Waals surface area contributed by atoms with E-state index in [2.05, 4.69) is 35.9 Å². The van der Waals surface area contributed by atoms with E-state index in [1.165, 1.54) is 17.6 Å². The maximum Gasteiger partial charge on any atom is 0.305 e. The average molecular weight is 224 g/mol. The first-order chi connectivity index (χ1) is 7.22. The van der Waals surface area contributed by atoms with Gasteiger partial charge in [0.2, 0.25) is 0 Å². The van der Waals surface area contributed by atoms with Gasteiger partial charge in [-0.1, -0.05) is 17.7 Å². The third kappa shape index (κ3) is 4.88. The molecule has 0 aliphatic carbocycles. The van der Waals surface area contributed by atoms with Crippen LogP contribution < -0.4 is 0 Å². The SMILES string of the molecule is COC(=O)CCCSc1ccc(C)cc1. The van der Waals surface area contributed by atoms with Gasteiger partial charge in [0.15, 0.2) is 0 Å². The zero-order chi connectivity index (χ0) is 11.1. The second-order valence-electron chi connectivity index (χ2n) is 3.34. The first kappa shape index (κ1) is 12.1. The van der Waals surface area contributed by atoms with Crippen molar-refractivity contribution in [3.8, 4) is 0 Å². The Hall–Kier alpha value is -0.960. The van der Waals surface area contributed by atoms with Gasteiger partial charge in [-0.15, -0.1) is 11.8 Å². The minimum atomic E-state index is -0.125. The highest BCUT2D eigenvalue weighted by molar-refractivity contribution is 7.99. The molecule has 0 heterocycles. The topological polar surface area (TPSA) is 26.3 Å². The summed E-state index contributed by atoms with van der Waals surface area (Å²) in [6, 6.07) is 8.42. The molecule has 82 valence electrons. The Kier molecular flexibility index (Phi) is 5.26. The van der Waals surface area contributed by atoms with Crippen molar-refractivity contribution in [2.24, 2.45) is 0 Å². The molecular weight excluding hydrogens is 208 g/mol. The minimum Gasteiger partial charge on any atom is -0.469 e. The summed E-state index contributed by atoms with van der Waals surface area (Å²) in [5.74, 6) is 0.831. The third-order valence-corrected chi connectivity index (χ3v) is 3.14. The lowest BCUT2D eigenvalue weighted by Gasteiger charge is -2.01. The summed E-state index contributed by atoms with van der Waals surface area (Å²) in [7, 11) is 1.43. The predicted octanol–water partition coefficient (Wildman–Crippen LogP) is 3.04. The molecule has 0 aliphatic heterocycles. The molecule has 0 aromatic heterocycles. The fourth-order valence-electron chi connectivity index (χ4n) is 1.14. The normalized spacial score (nSPS) is 10.0. The highest BCUT2D eigenvalue weighted by atomic mass is 32.2. The number of hydrogen-bond donors (Lipinski definition) is 0. The van der Waals surface area contributed by atoms with Crippen molar-refractivity contribution in [2.75, 3.05) is 12.9 Å². The molecule has 0 N–H and O–H groups in total. The fourth-order valence-corrected chi connectivity index (χ4v) is 2.00. The largest absolute Gasteiger partial charge is 0.469 e. The molecule has 1 aromatic carbocycles. The number of rotatable bonds is 5. The Bertz CT molecular complexity index is 306. The molecule has 0 saturated carbocycles. The highest BCUT2D eigenvalue weighted by Crippen LogP contribution is 2.19. The van der Waals surface area contributed by atoms with E-state index in [0.29, 0.717) is 6.42 Å². The Morgan fingerprint density at radius 1 is 1.33 bits per heavy atom. The van der Waals surface area contributed by atoms with Crippen molar-refractivity contribution < 1.29 is 9.53 Å². The quantitative estimate of drug-likeness (QED) is 0.437. The van der Waals surface area contributed by atoms with Crippen LogP contribution >= 0.6 is 11.8 Å². The Labute approximate surface area is 95.0 Å². The van der Waals surface area contributed by atoms with Crippen LogP contribution in [0.4, 0.5) is 0 Å². The monoisotopic (exact) mass is 224 g/mol. The summed E-state index contributed by atoms with van der Waals surface area (Å²) < 4.78 is 4.57. The number of carbonyl (C=O) groups is 1. The molecule has 1 rings (SSSR count). The number of ether oxygens (including phenoxy) is 1. The summed E-state index contributed by atoms with van der Waals surface area (Å²) in [5.41, 5.74) is 1.27. The zero-order valence-corrected chi connectivity index (χ0v) is 9.97. The molecule has 0 radical (unpaired) electrons. The lowest BCUT2D eigenvalue weighted by molar-refractivity contribution is -0.140. The van der Waals surface area contributed by atoms with Gasteiger partial charge in [-0.25, -0.2) is 0 Å². The van der Waals surface area contributed by atoms with Crippen molar-refractivity contribution in [3.05, 3.63) is 29.8 Å². The van der Waals surface area contributed by atoms with Gasteiger partial charge in [-0.3, -0.25) is 4.79 Å². The summed E-state index contributed by atoms with van der Waals surface area (Å²) in [6.45, 7) is 2.08. The van der Waals surface area contributed by atoms with Gasteiger partial charge < -0.3 is 4.74 Å². The Morgan fingerprint density at radius 3 is 2.60 bits per heavy atom. The second-order valence-corrected chi connectivity index (χ2v) is 4.51. The molecule has 15 heavy (non-hydrogen) atoms. The molecule has 0 amide bonds. The number of thioether (sulfide) groups is 1. The molecule has 0 bridgehead atoms. The molecule has 0 unspecified atom stereocenters. The van der Waals surface area contributed by atoms with Crippen LogP contribution in [0.2, 0.25) is 0 Å². The molecule has 0 aliphatic rings. The number of carbonyl (C=O) groups excluding carboxylic acids is 1. The van der Waals surface area contributed by atoms with Crippen LogP contribution in [0.25, 0.3) is 0 Å². The first-order valence-electron chi connectivity index (χ1n) is 4.98. The lowest BCUT2D eigenvalue weighted by atomic mass is 10.2. The number of esters is 1. The van der Waals surface area contributed by atoms with E-state index in [-0.39, 0.29) is 5.97 Å². The maximum atomic E-state index is 10.8. The van der Waals surface area contributed by atoms with Crippen LogP contribution in [0.15, 0.2) is 29.2 Å². The highest BCUT2D eigenvalue weighted by Gasteiger charge is 1.99. The van der Waals surface area contributed by atoms with Crippen LogP contribution in [0.3, 0.4) is 0 Å². The molecule has 0 saturated heterocycles. The molecule has 0 spiro atoms. The molecule has 1 aromatic rings. The minimum absolute atomic E-state index is 0.125. The number of methoxy groups -OCH3 is 1. The standard InChI is InChI=1S/C12H16O2S/c1-10-5-7-11(8-6-10)15-9-3-4-12(13)14-2/h5-8H,3-4,9H2,1-2H3. The van der Waals surface area contributed by atoms with E-state index in [9.17, 15) is 4.79 Å². The van der Waals surface area contributed by atoms with Crippen LogP contribution in [0.5, 0.6) is 0 Å². The molecule has 3 heteroatoms. The van der Waals surface area contributed by atoms with E-state index in [4.69, 9.17) is 0 Å². The van der Waals surface area contributed by atoms with Crippen molar-refractivity contribution in [1.82, 2.24) is 0 Å². The van der Waals surface area contributed by atoms with Crippen molar-refractivity contribution >= 4 is 17.7 Å². The molecule has 2 nitrogen and oxygen atoms in total. The van der Waals surface area contributed by atoms with Gasteiger partial charge in [0.05, 0.1) is 7.11 Å². The third-order valence-electron chi connectivity index (χ3n) is 2.04. The smallest absolute Gasteiger partial charge is 0.305 e. The van der Waals surface area contributed by atoms with Gasteiger partial charge >= 0.3 is 5.97 Å². The van der Waals surface area contributed by atoms with Gasteiger partial charge in [0.25, 0.3) is 0 Å². The Morgan fingerprint density at radius 2 is 2.00 bits per heavy atom. The fraction of sp³-hybridized carbons (Fsp3) is 0.417. The zero-order valence-electron chi connectivity index (χ0n) is 9.16. The first-order valence-corrected chi connectivity index (χ1v) is 5.97. The van der Waals surface area contributed by atoms with Crippen molar-refractivity contribution in [2.45, 2.75) is 24.7 Å². The van der Waals surface area contributed by atoms with Gasteiger partial charge in [0.1, 0.15) is 0 Å². The molecule has 0 atom stereocenters. The van der Waals surface area contributed by atoms with E-state index >= 15 is 0 Å². The van der Waals surface area contributed by atoms with E-state index in [0.717, 1.165) is 12.2 Å². The van der Waals surface area contributed by atoms with Crippen LogP contribution in [0.1, 0.15) is 18.4 Å². The van der Waals surface area contributed by atoms with Crippen molar-refractivity contribution in [3.63, 3.8) is 0 Å². The van der Waals surface area contributed by atoms with Crippen LogP contribution in [-0.2, 0) is 9.53 Å². The average Bonchev–Trinajstić information content (AvgIpc) is 2.26. The van der Waals surface area contributed by atoms with Gasteiger partial charge in [-0.05, 0) is 31.2 Å². The van der Waals surface area contributed by atoms with Gasteiger partial charge in [-0.2, -0.15) is 0 Å². The number of hydrogen-bond acceptors (Lipinski definition) is 3.